The number of carbonyl (C=O) groups is 1. The summed E-state index contributed by atoms with van der Waals surface area (Å²) in [6.45, 7) is 8.27. The number of Topliss-reactive ketones (excluding diaryl/α,β-unsaturated/α-hetero) is 1. The molecule has 0 radical (unpaired) electrons. The van der Waals surface area contributed by atoms with E-state index in [1.54, 1.807) is 6.92 Å². The van der Waals surface area contributed by atoms with Crippen molar-refractivity contribution in [1.82, 2.24) is 0 Å². The van der Waals surface area contributed by atoms with E-state index < -0.39 is 0 Å². The van der Waals surface area contributed by atoms with Crippen LogP contribution in [0.25, 0.3) is 0 Å². The van der Waals surface area contributed by atoms with Gasteiger partial charge in [-0.2, -0.15) is 0 Å². The van der Waals surface area contributed by atoms with E-state index in [4.69, 9.17) is 0 Å². The SMILES string of the molecule is CCCC(CCC)c1ccc(C(C)=O)c(CC)c1. The molecule has 0 aliphatic carbocycles. The van der Waals surface area contributed by atoms with Crippen LogP contribution in [-0.4, -0.2) is 5.78 Å². The Labute approximate surface area is 112 Å². The third kappa shape index (κ3) is 3.69. The van der Waals surface area contributed by atoms with Crippen molar-refractivity contribution in [3.63, 3.8) is 0 Å². The van der Waals surface area contributed by atoms with Crippen LogP contribution in [0.3, 0.4) is 0 Å². The molecule has 0 fully saturated rings. The Kier molecular flexibility index (Phi) is 6.11. The standard InChI is InChI=1S/C17H26O/c1-5-8-15(9-6-2)16-10-11-17(13(4)18)14(7-3)12-16/h10-12,15H,5-9H2,1-4H3. The van der Waals surface area contributed by atoms with Crippen LogP contribution in [-0.2, 0) is 6.42 Å². The maximum absolute atomic E-state index is 11.6. The number of aryl methyl sites for hydroxylation is 1. The van der Waals surface area contributed by atoms with Gasteiger partial charge in [0.2, 0.25) is 0 Å². The van der Waals surface area contributed by atoms with E-state index in [9.17, 15) is 4.79 Å². The average molecular weight is 246 g/mol. The summed E-state index contributed by atoms with van der Waals surface area (Å²) in [5.74, 6) is 0.840. The highest BCUT2D eigenvalue weighted by atomic mass is 16.1. The lowest BCUT2D eigenvalue weighted by Crippen LogP contribution is -2.04. The molecule has 1 aromatic carbocycles. The lowest BCUT2D eigenvalue weighted by atomic mass is 9.87. The first-order chi connectivity index (χ1) is 8.63. The molecule has 1 aromatic rings. The third-order valence-corrected chi connectivity index (χ3v) is 3.64. The molecule has 0 unspecified atom stereocenters. The number of carbonyl (C=O) groups excluding carboxylic acids is 1. The summed E-state index contributed by atoms with van der Waals surface area (Å²) in [6.07, 6.45) is 5.88. The maximum atomic E-state index is 11.6. The van der Waals surface area contributed by atoms with Crippen molar-refractivity contribution in [3.05, 3.63) is 34.9 Å². The highest BCUT2D eigenvalue weighted by Crippen LogP contribution is 2.28. The van der Waals surface area contributed by atoms with Gasteiger partial charge in [-0.1, -0.05) is 51.8 Å². The van der Waals surface area contributed by atoms with Crippen LogP contribution in [0, 0.1) is 0 Å². The molecule has 0 heterocycles. The fourth-order valence-electron chi connectivity index (χ4n) is 2.68. The van der Waals surface area contributed by atoms with E-state index in [1.807, 2.05) is 6.07 Å². The highest BCUT2D eigenvalue weighted by molar-refractivity contribution is 5.95. The van der Waals surface area contributed by atoms with Gasteiger partial charge in [0, 0.05) is 5.56 Å². The van der Waals surface area contributed by atoms with Crippen LogP contribution in [0.1, 0.15) is 80.8 Å². The topological polar surface area (TPSA) is 17.1 Å². The molecule has 0 spiro atoms. The predicted molar refractivity (Wildman–Crippen MR) is 78.4 cm³/mol. The second-order valence-corrected chi connectivity index (χ2v) is 5.10. The smallest absolute Gasteiger partial charge is 0.160 e. The average Bonchev–Trinajstić information content (AvgIpc) is 2.37. The third-order valence-electron chi connectivity index (χ3n) is 3.64. The van der Waals surface area contributed by atoms with Crippen LogP contribution in [0.5, 0.6) is 0 Å². The highest BCUT2D eigenvalue weighted by Gasteiger charge is 2.13. The van der Waals surface area contributed by atoms with Crippen molar-refractivity contribution >= 4 is 5.78 Å². The number of rotatable bonds is 7. The molecule has 0 aliphatic rings. The van der Waals surface area contributed by atoms with Gasteiger partial charge in [0.1, 0.15) is 0 Å². The molecule has 0 amide bonds. The van der Waals surface area contributed by atoms with Crippen molar-refractivity contribution in [1.29, 1.82) is 0 Å². The van der Waals surface area contributed by atoms with Gasteiger partial charge in [-0.25, -0.2) is 0 Å². The normalized spacial score (nSPS) is 10.9. The molecule has 18 heavy (non-hydrogen) atoms. The monoisotopic (exact) mass is 246 g/mol. The van der Waals surface area contributed by atoms with Crippen LogP contribution in [0.4, 0.5) is 0 Å². The molecule has 0 saturated carbocycles. The molecule has 100 valence electrons. The van der Waals surface area contributed by atoms with Gasteiger partial charge < -0.3 is 0 Å². The molecule has 0 N–H and O–H groups in total. The van der Waals surface area contributed by atoms with Crippen molar-refractivity contribution in [2.75, 3.05) is 0 Å². The summed E-state index contributed by atoms with van der Waals surface area (Å²) < 4.78 is 0. The van der Waals surface area contributed by atoms with Crippen LogP contribution in [0.15, 0.2) is 18.2 Å². The van der Waals surface area contributed by atoms with Crippen LogP contribution in [0.2, 0.25) is 0 Å². The van der Waals surface area contributed by atoms with E-state index in [2.05, 4.69) is 32.9 Å². The number of hydrogen-bond acceptors (Lipinski definition) is 1. The Bertz CT molecular complexity index is 387. The Morgan fingerprint density at radius 3 is 2.17 bits per heavy atom. The lowest BCUT2D eigenvalue weighted by molar-refractivity contribution is 0.101. The quantitative estimate of drug-likeness (QED) is 0.609. The zero-order chi connectivity index (χ0) is 13.5. The summed E-state index contributed by atoms with van der Waals surface area (Å²) in [7, 11) is 0. The second kappa shape index (κ2) is 7.35. The van der Waals surface area contributed by atoms with Gasteiger partial charge in [-0.15, -0.1) is 0 Å². The molecule has 0 aliphatic heterocycles. The Balaban J connectivity index is 3.05. The summed E-state index contributed by atoms with van der Waals surface area (Å²) in [4.78, 5) is 11.6. The second-order valence-electron chi connectivity index (χ2n) is 5.10. The van der Waals surface area contributed by atoms with Gasteiger partial charge in [0.15, 0.2) is 5.78 Å². The molecule has 0 bridgehead atoms. The van der Waals surface area contributed by atoms with Gasteiger partial charge in [0.05, 0.1) is 0 Å². The van der Waals surface area contributed by atoms with Gasteiger partial charge in [-0.05, 0) is 43.2 Å². The van der Waals surface area contributed by atoms with Crippen LogP contribution < -0.4 is 0 Å². The Morgan fingerprint density at radius 2 is 1.72 bits per heavy atom. The first-order valence-electron chi connectivity index (χ1n) is 7.27. The molecule has 1 nitrogen and oxygen atoms in total. The van der Waals surface area contributed by atoms with Gasteiger partial charge in [0.25, 0.3) is 0 Å². The fourth-order valence-corrected chi connectivity index (χ4v) is 2.68. The number of benzene rings is 1. The number of hydrogen-bond donors (Lipinski definition) is 0. The Morgan fingerprint density at radius 1 is 1.11 bits per heavy atom. The lowest BCUT2D eigenvalue weighted by Gasteiger charge is -2.17. The number of ketones is 1. The Hall–Kier alpha value is -1.11. The van der Waals surface area contributed by atoms with Crippen LogP contribution >= 0.6 is 0 Å². The van der Waals surface area contributed by atoms with Crippen molar-refractivity contribution < 1.29 is 4.79 Å². The maximum Gasteiger partial charge on any atom is 0.160 e. The molecule has 1 rings (SSSR count). The fraction of sp³-hybridized carbons (Fsp3) is 0.588. The molecule has 0 atom stereocenters. The van der Waals surface area contributed by atoms with Gasteiger partial charge in [-0.3, -0.25) is 4.79 Å². The van der Waals surface area contributed by atoms with E-state index in [-0.39, 0.29) is 5.78 Å². The van der Waals surface area contributed by atoms with Crippen molar-refractivity contribution in [2.45, 2.75) is 65.7 Å². The summed E-state index contributed by atoms with van der Waals surface area (Å²) >= 11 is 0. The predicted octanol–water partition coefficient (Wildman–Crippen LogP) is 5.14. The molecular weight excluding hydrogens is 220 g/mol. The minimum Gasteiger partial charge on any atom is -0.295 e. The summed E-state index contributed by atoms with van der Waals surface area (Å²) in [6, 6.07) is 6.44. The van der Waals surface area contributed by atoms with Crippen molar-refractivity contribution in [3.8, 4) is 0 Å². The van der Waals surface area contributed by atoms with E-state index in [0.29, 0.717) is 5.92 Å². The zero-order valence-corrected chi connectivity index (χ0v) is 12.3. The molecule has 0 saturated heterocycles. The first kappa shape index (κ1) is 14.9. The van der Waals surface area contributed by atoms with Gasteiger partial charge >= 0.3 is 0 Å². The molecule has 0 aromatic heterocycles. The van der Waals surface area contributed by atoms with E-state index >= 15 is 0 Å². The minimum atomic E-state index is 0.181. The van der Waals surface area contributed by atoms with E-state index in [1.165, 1.54) is 36.8 Å². The summed E-state index contributed by atoms with van der Waals surface area (Å²) in [5, 5.41) is 0. The molecule has 1 heteroatoms. The van der Waals surface area contributed by atoms with E-state index in [0.717, 1.165) is 12.0 Å². The minimum absolute atomic E-state index is 0.181. The zero-order valence-electron chi connectivity index (χ0n) is 12.3. The first-order valence-corrected chi connectivity index (χ1v) is 7.27. The largest absolute Gasteiger partial charge is 0.295 e. The molecular formula is C17H26O. The summed E-state index contributed by atoms with van der Waals surface area (Å²) in [5.41, 5.74) is 3.52. The van der Waals surface area contributed by atoms with Crippen molar-refractivity contribution in [2.24, 2.45) is 0 Å².